The molecule has 6 heteroatoms. The number of amides is 2. The van der Waals surface area contributed by atoms with Gasteiger partial charge in [-0.2, -0.15) is 0 Å². The number of carbonyl (C=O) groups excluding carboxylic acids is 1. The number of ether oxygens (including phenoxy) is 2. The second-order valence-electron chi connectivity index (χ2n) is 6.08. The SMILES string of the molecule is O=C(Nc1cccc(-c2cccs2)c1)N1CCC2(CC1)OCCO2. The van der Waals surface area contributed by atoms with Crippen molar-refractivity contribution in [2.75, 3.05) is 31.6 Å². The number of thiophene rings is 1. The van der Waals surface area contributed by atoms with Crippen molar-refractivity contribution in [2.24, 2.45) is 0 Å². The van der Waals surface area contributed by atoms with Crippen molar-refractivity contribution in [1.29, 1.82) is 0 Å². The van der Waals surface area contributed by atoms with Gasteiger partial charge in [0.25, 0.3) is 0 Å². The Morgan fingerprint density at radius 2 is 1.92 bits per heavy atom. The molecule has 0 atom stereocenters. The zero-order chi connectivity index (χ0) is 16.4. The molecular formula is C18H20N2O3S. The maximum atomic E-state index is 12.5. The van der Waals surface area contributed by atoms with Gasteiger partial charge in [0, 0.05) is 36.5 Å². The van der Waals surface area contributed by atoms with E-state index in [9.17, 15) is 4.79 Å². The van der Waals surface area contributed by atoms with Gasteiger partial charge in [-0.05, 0) is 29.1 Å². The van der Waals surface area contributed by atoms with Gasteiger partial charge in [-0.15, -0.1) is 11.3 Å². The van der Waals surface area contributed by atoms with Crippen LogP contribution in [0.5, 0.6) is 0 Å². The summed E-state index contributed by atoms with van der Waals surface area (Å²) in [5.74, 6) is -0.449. The highest BCUT2D eigenvalue weighted by Crippen LogP contribution is 2.31. The molecule has 2 aromatic rings. The smallest absolute Gasteiger partial charge is 0.321 e. The van der Waals surface area contributed by atoms with Crippen LogP contribution in [0.2, 0.25) is 0 Å². The predicted octanol–water partition coefficient (Wildman–Crippen LogP) is 3.79. The van der Waals surface area contributed by atoms with Crippen LogP contribution in [0.25, 0.3) is 10.4 Å². The summed E-state index contributed by atoms with van der Waals surface area (Å²) in [4.78, 5) is 15.5. The van der Waals surface area contributed by atoms with Gasteiger partial charge in [0.1, 0.15) is 0 Å². The monoisotopic (exact) mass is 344 g/mol. The van der Waals surface area contributed by atoms with Crippen LogP contribution in [0.15, 0.2) is 41.8 Å². The number of benzene rings is 1. The fourth-order valence-electron chi connectivity index (χ4n) is 3.23. The van der Waals surface area contributed by atoms with E-state index in [2.05, 4.69) is 22.8 Å². The van der Waals surface area contributed by atoms with Gasteiger partial charge >= 0.3 is 6.03 Å². The predicted molar refractivity (Wildman–Crippen MR) is 94.2 cm³/mol. The lowest BCUT2D eigenvalue weighted by Gasteiger charge is -2.37. The first-order chi connectivity index (χ1) is 11.7. The number of piperidine rings is 1. The molecule has 3 heterocycles. The minimum absolute atomic E-state index is 0.0637. The summed E-state index contributed by atoms with van der Waals surface area (Å²) in [6.07, 6.45) is 1.46. The Kier molecular flexibility index (Phi) is 4.26. The molecule has 2 saturated heterocycles. The highest BCUT2D eigenvalue weighted by molar-refractivity contribution is 7.13. The average molecular weight is 344 g/mol. The fourth-order valence-corrected chi connectivity index (χ4v) is 3.96. The quantitative estimate of drug-likeness (QED) is 0.902. The largest absolute Gasteiger partial charge is 0.347 e. The van der Waals surface area contributed by atoms with Crippen molar-refractivity contribution in [3.8, 4) is 10.4 Å². The molecule has 2 aliphatic heterocycles. The maximum absolute atomic E-state index is 12.5. The van der Waals surface area contributed by atoms with Gasteiger partial charge in [-0.3, -0.25) is 0 Å². The molecule has 2 fully saturated rings. The van der Waals surface area contributed by atoms with Crippen LogP contribution in [0.3, 0.4) is 0 Å². The average Bonchev–Trinajstić information content (AvgIpc) is 3.28. The van der Waals surface area contributed by atoms with Crippen molar-refractivity contribution >= 4 is 23.1 Å². The van der Waals surface area contributed by atoms with Crippen LogP contribution >= 0.6 is 11.3 Å². The third kappa shape index (κ3) is 3.17. The molecule has 0 radical (unpaired) electrons. The molecule has 0 bridgehead atoms. The molecule has 0 saturated carbocycles. The van der Waals surface area contributed by atoms with Gasteiger partial charge < -0.3 is 19.7 Å². The molecule has 4 rings (SSSR count). The molecule has 2 amide bonds. The molecule has 5 nitrogen and oxygen atoms in total. The second kappa shape index (κ2) is 6.55. The number of likely N-dealkylation sites (tertiary alicyclic amines) is 1. The Morgan fingerprint density at radius 3 is 2.62 bits per heavy atom. The number of nitrogens with zero attached hydrogens (tertiary/aromatic N) is 1. The van der Waals surface area contributed by atoms with E-state index in [1.165, 1.54) is 4.88 Å². The molecular weight excluding hydrogens is 324 g/mol. The van der Waals surface area contributed by atoms with E-state index in [1.54, 1.807) is 11.3 Å². The van der Waals surface area contributed by atoms with E-state index in [0.29, 0.717) is 26.3 Å². The summed E-state index contributed by atoms with van der Waals surface area (Å²) in [6, 6.07) is 12.0. The minimum Gasteiger partial charge on any atom is -0.347 e. The van der Waals surface area contributed by atoms with Gasteiger partial charge in [0.15, 0.2) is 5.79 Å². The Hall–Kier alpha value is -1.89. The Labute approximate surface area is 145 Å². The lowest BCUT2D eigenvalue weighted by molar-refractivity contribution is -0.181. The van der Waals surface area contributed by atoms with Crippen LogP contribution < -0.4 is 5.32 Å². The maximum Gasteiger partial charge on any atom is 0.321 e. The van der Waals surface area contributed by atoms with Crippen molar-refractivity contribution in [1.82, 2.24) is 4.90 Å². The first kappa shape index (κ1) is 15.6. The van der Waals surface area contributed by atoms with E-state index >= 15 is 0 Å². The Morgan fingerprint density at radius 1 is 1.12 bits per heavy atom. The zero-order valence-corrected chi connectivity index (χ0v) is 14.2. The highest BCUT2D eigenvalue weighted by Gasteiger charge is 2.40. The van der Waals surface area contributed by atoms with Crippen LogP contribution in [-0.2, 0) is 9.47 Å². The second-order valence-corrected chi connectivity index (χ2v) is 7.03. The van der Waals surface area contributed by atoms with Gasteiger partial charge in [0.05, 0.1) is 13.2 Å². The van der Waals surface area contributed by atoms with Crippen molar-refractivity contribution in [2.45, 2.75) is 18.6 Å². The number of anilines is 1. The fraction of sp³-hybridized carbons (Fsp3) is 0.389. The van der Waals surface area contributed by atoms with Crippen molar-refractivity contribution in [3.63, 3.8) is 0 Å². The summed E-state index contributed by atoms with van der Waals surface area (Å²) < 4.78 is 11.4. The highest BCUT2D eigenvalue weighted by atomic mass is 32.1. The number of urea groups is 1. The van der Waals surface area contributed by atoms with Crippen LogP contribution in [0.4, 0.5) is 10.5 Å². The molecule has 1 N–H and O–H groups in total. The van der Waals surface area contributed by atoms with Gasteiger partial charge in [-0.25, -0.2) is 4.79 Å². The van der Waals surface area contributed by atoms with Gasteiger partial charge in [-0.1, -0.05) is 18.2 Å². The molecule has 126 valence electrons. The number of hydrogen-bond acceptors (Lipinski definition) is 4. The Balaban J connectivity index is 1.39. The summed E-state index contributed by atoms with van der Waals surface area (Å²) >= 11 is 1.69. The van der Waals surface area contributed by atoms with E-state index in [0.717, 1.165) is 24.1 Å². The molecule has 0 aliphatic carbocycles. The number of hydrogen-bond donors (Lipinski definition) is 1. The zero-order valence-electron chi connectivity index (χ0n) is 13.4. The van der Waals surface area contributed by atoms with Crippen LogP contribution in [-0.4, -0.2) is 43.0 Å². The third-order valence-electron chi connectivity index (χ3n) is 4.55. The number of carbonyl (C=O) groups is 1. The summed E-state index contributed by atoms with van der Waals surface area (Å²) in [5.41, 5.74) is 1.94. The summed E-state index contributed by atoms with van der Waals surface area (Å²) in [6.45, 7) is 2.61. The topological polar surface area (TPSA) is 50.8 Å². The molecule has 1 aromatic heterocycles. The normalized spacial score (nSPS) is 19.6. The van der Waals surface area contributed by atoms with E-state index in [1.807, 2.05) is 29.2 Å². The molecule has 1 spiro atoms. The summed E-state index contributed by atoms with van der Waals surface area (Å²) in [5, 5.41) is 5.06. The standard InChI is InChI=1S/C18H20N2O3S/c21-17(20-8-6-18(7-9-20)22-10-11-23-18)19-15-4-1-3-14(13-15)16-5-2-12-24-16/h1-5,12-13H,6-11H2,(H,19,21). The van der Waals surface area contributed by atoms with Crippen LogP contribution in [0, 0.1) is 0 Å². The minimum atomic E-state index is -0.449. The van der Waals surface area contributed by atoms with Gasteiger partial charge in [0.2, 0.25) is 0 Å². The lowest BCUT2D eigenvalue weighted by atomic mass is 10.0. The van der Waals surface area contributed by atoms with Crippen molar-refractivity contribution in [3.05, 3.63) is 41.8 Å². The van der Waals surface area contributed by atoms with E-state index in [4.69, 9.17) is 9.47 Å². The lowest BCUT2D eigenvalue weighted by Crippen LogP contribution is -2.48. The first-order valence-corrected chi connectivity index (χ1v) is 9.10. The summed E-state index contributed by atoms with van der Waals surface area (Å²) in [7, 11) is 0. The number of rotatable bonds is 2. The van der Waals surface area contributed by atoms with E-state index < -0.39 is 5.79 Å². The molecule has 2 aliphatic rings. The Bertz CT molecular complexity index is 701. The van der Waals surface area contributed by atoms with E-state index in [-0.39, 0.29) is 6.03 Å². The first-order valence-electron chi connectivity index (χ1n) is 8.22. The molecule has 0 unspecified atom stereocenters. The number of nitrogens with one attached hydrogen (secondary N) is 1. The third-order valence-corrected chi connectivity index (χ3v) is 5.46. The van der Waals surface area contributed by atoms with Crippen molar-refractivity contribution < 1.29 is 14.3 Å². The molecule has 24 heavy (non-hydrogen) atoms. The van der Waals surface area contributed by atoms with Crippen LogP contribution in [0.1, 0.15) is 12.8 Å². The molecule has 1 aromatic carbocycles.